The molecule has 0 aliphatic heterocycles. The summed E-state index contributed by atoms with van der Waals surface area (Å²) in [6.07, 6.45) is 9.79. The lowest BCUT2D eigenvalue weighted by Gasteiger charge is -2.36. The van der Waals surface area contributed by atoms with Crippen LogP contribution in [0.5, 0.6) is 0 Å². The minimum Gasteiger partial charge on any atom is -0.330 e. The van der Waals surface area contributed by atoms with E-state index in [2.05, 4.69) is 18.7 Å². The second-order valence-corrected chi connectivity index (χ2v) is 5.96. The Morgan fingerprint density at radius 3 is 2.50 bits per heavy atom. The van der Waals surface area contributed by atoms with Crippen LogP contribution in [0.3, 0.4) is 0 Å². The van der Waals surface area contributed by atoms with Crippen molar-refractivity contribution < 1.29 is 0 Å². The summed E-state index contributed by atoms with van der Waals surface area (Å²) in [4.78, 5) is 0. The van der Waals surface area contributed by atoms with E-state index in [-0.39, 0.29) is 0 Å². The zero-order chi connectivity index (χ0) is 10.3. The van der Waals surface area contributed by atoms with Crippen molar-refractivity contribution in [1.29, 1.82) is 0 Å². The molecule has 0 aromatic carbocycles. The van der Waals surface area contributed by atoms with Gasteiger partial charge in [-0.2, -0.15) is 11.8 Å². The molecular weight excluding hydrogens is 190 g/mol. The zero-order valence-corrected chi connectivity index (χ0v) is 10.4. The fraction of sp³-hybridized carbons (Fsp3) is 1.00. The van der Waals surface area contributed by atoms with Crippen LogP contribution in [-0.2, 0) is 0 Å². The number of nitrogens with two attached hydrogens (primary N) is 1. The zero-order valence-electron chi connectivity index (χ0n) is 9.56. The highest BCUT2D eigenvalue weighted by Gasteiger charge is 2.29. The highest BCUT2D eigenvalue weighted by atomic mass is 32.2. The largest absolute Gasteiger partial charge is 0.330 e. The standard InChI is InChI=1S/C12H25NS/c1-2-14-10-6-9-12(11-13)7-4-3-5-8-12/h2-11,13H2,1H3. The van der Waals surface area contributed by atoms with Gasteiger partial charge in [0.25, 0.3) is 0 Å². The van der Waals surface area contributed by atoms with Gasteiger partial charge >= 0.3 is 0 Å². The summed E-state index contributed by atoms with van der Waals surface area (Å²) in [6.45, 7) is 3.16. The molecule has 0 unspecified atom stereocenters. The first-order valence-corrected chi connectivity index (χ1v) is 7.26. The summed E-state index contributed by atoms with van der Waals surface area (Å²) in [5.41, 5.74) is 6.48. The molecular formula is C12H25NS. The van der Waals surface area contributed by atoms with Crippen LogP contribution >= 0.6 is 11.8 Å². The summed E-state index contributed by atoms with van der Waals surface area (Å²) >= 11 is 2.07. The molecule has 1 saturated carbocycles. The Balaban J connectivity index is 2.22. The molecule has 1 aliphatic carbocycles. The first-order valence-electron chi connectivity index (χ1n) is 6.11. The second kappa shape index (κ2) is 6.73. The molecule has 1 nitrogen and oxygen atoms in total. The average Bonchev–Trinajstić information content (AvgIpc) is 2.26. The van der Waals surface area contributed by atoms with Gasteiger partial charge in [0.1, 0.15) is 0 Å². The topological polar surface area (TPSA) is 26.0 Å². The summed E-state index contributed by atoms with van der Waals surface area (Å²) in [5, 5.41) is 0. The Labute approximate surface area is 93.2 Å². The molecule has 0 aromatic rings. The van der Waals surface area contributed by atoms with Gasteiger partial charge in [-0.05, 0) is 49.1 Å². The van der Waals surface area contributed by atoms with E-state index in [4.69, 9.17) is 5.73 Å². The Morgan fingerprint density at radius 1 is 1.21 bits per heavy atom. The number of rotatable bonds is 6. The Bertz CT molecular complexity index is 141. The molecule has 0 radical (unpaired) electrons. The summed E-state index contributed by atoms with van der Waals surface area (Å²) in [7, 11) is 0. The van der Waals surface area contributed by atoms with Gasteiger partial charge in [0.15, 0.2) is 0 Å². The Hall–Kier alpha value is 0.310. The molecule has 1 rings (SSSR count). The molecule has 0 bridgehead atoms. The van der Waals surface area contributed by atoms with Gasteiger partial charge in [0.2, 0.25) is 0 Å². The van der Waals surface area contributed by atoms with Crippen molar-refractivity contribution in [3.05, 3.63) is 0 Å². The van der Waals surface area contributed by atoms with Crippen molar-refractivity contribution in [3.63, 3.8) is 0 Å². The molecule has 84 valence electrons. The first kappa shape index (κ1) is 12.4. The fourth-order valence-corrected chi connectivity index (χ4v) is 3.19. The van der Waals surface area contributed by atoms with Gasteiger partial charge in [0, 0.05) is 0 Å². The predicted octanol–water partition coefficient (Wildman–Crippen LogP) is 3.43. The molecule has 0 saturated heterocycles. The van der Waals surface area contributed by atoms with Crippen LogP contribution in [0.1, 0.15) is 51.9 Å². The van der Waals surface area contributed by atoms with E-state index < -0.39 is 0 Å². The van der Waals surface area contributed by atoms with Crippen molar-refractivity contribution in [3.8, 4) is 0 Å². The SMILES string of the molecule is CCSCCCC1(CN)CCCCC1. The van der Waals surface area contributed by atoms with E-state index in [1.807, 2.05) is 0 Å². The molecule has 0 heterocycles. The van der Waals surface area contributed by atoms with Gasteiger partial charge in [-0.1, -0.05) is 26.2 Å². The highest BCUT2D eigenvalue weighted by Crippen LogP contribution is 2.39. The van der Waals surface area contributed by atoms with Crippen molar-refractivity contribution >= 4 is 11.8 Å². The minimum atomic E-state index is 0.534. The van der Waals surface area contributed by atoms with Crippen molar-refractivity contribution in [2.45, 2.75) is 51.9 Å². The maximum absolute atomic E-state index is 5.95. The van der Waals surface area contributed by atoms with Gasteiger partial charge in [-0.3, -0.25) is 0 Å². The third-order valence-electron chi connectivity index (χ3n) is 3.55. The van der Waals surface area contributed by atoms with E-state index in [9.17, 15) is 0 Å². The molecule has 0 spiro atoms. The van der Waals surface area contributed by atoms with Crippen LogP contribution in [0.4, 0.5) is 0 Å². The van der Waals surface area contributed by atoms with Crippen LogP contribution in [0.25, 0.3) is 0 Å². The lowest BCUT2D eigenvalue weighted by atomic mass is 9.71. The molecule has 0 atom stereocenters. The van der Waals surface area contributed by atoms with E-state index in [1.165, 1.54) is 56.5 Å². The van der Waals surface area contributed by atoms with Crippen LogP contribution in [0, 0.1) is 5.41 Å². The van der Waals surface area contributed by atoms with Crippen LogP contribution in [-0.4, -0.2) is 18.1 Å². The monoisotopic (exact) mass is 215 g/mol. The molecule has 2 N–H and O–H groups in total. The lowest BCUT2D eigenvalue weighted by Crippen LogP contribution is -2.32. The Kier molecular flexibility index (Phi) is 5.95. The molecule has 1 fully saturated rings. The van der Waals surface area contributed by atoms with E-state index in [0.29, 0.717) is 5.41 Å². The second-order valence-electron chi connectivity index (χ2n) is 4.57. The first-order chi connectivity index (χ1) is 6.83. The quantitative estimate of drug-likeness (QED) is 0.687. The van der Waals surface area contributed by atoms with Crippen molar-refractivity contribution in [2.75, 3.05) is 18.1 Å². The van der Waals surface area contributed by atoms with Gasteiger partial charge < -0.3 is 5.73 Å². The minimum absolute atomic E-state index is 0.534. The summed E-state index contributed by atoms with van der Waals surface area (Å²) in [6, 6.07) is 0. The molecule has 2 heteroatoms. The molecule has 0 amide bonds. The van der Waals surface area contributed by atoms with Gasteiger partial charge in [-0.25, -0.2) is 0 Å². The third-order valence-corrected chi connectivity index (χ3v) is 4.53. The third kappa shape index (κ3) is 3.82. The summed E-state index contributed by atoms with van der Waals surface area (Å²) in [5.74, 6) is 2.59. The van der Waals surface area contributed by atoms with E-state index in [1.54, 1.807) is 0 Å². The van der Waals surface area contributed by atoms with E-state index in [0.717, 1.165) is 6.54 Å². The number of hydrogen-bond acceptors (Lipinski definition) is 2. The van der Waals surface area contributed by atoms with Crippen LogP contribution in [0.2, 0.25) is 0 Å². The highest BCUT2D eigenvalue weighted by molar-refractivity contribution is 7.99. The average molecular weight is 215 g/mol. The maximum atomic E-state index is 5.95. The predicted molar refractivity (Wildman–Crippen MR) is 66.8 cm³/mol. The molecule has 14 heavy (non-hydrogen) atoms. The number of thioether (sulfide) groups is 1. The number of hydrogen-bond donors (Lipinski definition) is 1. The Morgan fingerprint density at radius 2 is 1.93 bits per heavy atom. The van der Waals surface area contributed by atoms with Crippen LogP contribution < -0.4 is 5.73 Å². The summed E-state index contributed by atoms with van der Waals surface area (Å²) < 4.78 is 0. The maximum Gasteiger partial charge on any atom is -0.00205 e. The van der Waals surface area contributed by atoms with Crippen molar-refractivity contribution in [1.82, 2.24) is 0 Å². The van der Waals surface area contributed by atoms with Gasteiger partial charge in [0.05, 0.1) is 0 Å². The smallest absolute Gasteiger partial charge is 0.00205 e. The van der Waals surface area contributed by atoms with Crippen LogP contribution in [0.15, 0.2) is 0 Å². The normalized spacial score (nSPS) is 21.0. The molecule has 0 aromatic heterocycles. The van der Waals surface area contributed by atoms with Gasteiger partial charge in [-0.15, -0.1) is 0 Å². The van der Waals surface area contributed by atoms with Crippen molar-refractivity contribution in [2.24, 2.45) is 11.1 Å². The fourth-order valence-electron chi connectivity index (χ4n) is 2.55. The van der Waals surface area contributed by atoms with E-state index >= 15 is 0 Å². The molecule has 1 aliphatic rings. The lowest BCUT2D eigenvalue weighted by molar-refractivity contribution is 0.181.